The van der Waals surface area contributed by atoms with Gasteiger partial charge < -0.3 is 0 Å². The number of hydrogen-bond donors (Lipinski definition) is 0. The van der Waals surface area contributed by atoms with Crippen molar-refractivity contribution < 1.29 is 26.3 Å². The number of hydrogen-bond acceptors (Lipinski definition) is 4. The molecular weight excluding hydrogens is 412 g/mol. The molecule has 11 heteroatoms. The molecule has 0 amide bonds. The summed E-state index contributed by atoms with van der Waals surface area (Å²) in [6.45, 7) is 1.17. The molecule has 0 saturated carbocycles. The van der Waals surface area contributed by atoms with E-state index in [4.69, 9.17) is 0 Å². The first-order valence-corrected chi connectivity index (χ1v) is 8.53. The fraction of sp³-hybridized carbons (Fsp3) is 0.263. The quantitative estimate of drug-likeness (QED) is 0.519. The molecule has 0 aliphatic heterocycles. The molecule has 30 heavy (non-hydrogen) atoms. The van der Waals surface area contributed by atoms with Crippen LogP contribution in [-0.2, 0) is 0 Å². The lowest BCUT2D eigenvalue weighted by Gasteiger charge is -2.29. The third kappa shape index (κ3) is 4.42. The van der Waals surface area contributed by atoms with Crippen molar-refractivity contribution in [2.75, 3.05) is 0 Å². The van der Waals surface area contributed by atoms with Gasteiger partial charge in [0.25, 0.3) is 0 Å². The largest absolute Gasteiger partial charge is 0.416 e. The Morgan fingerprint density at radius 1 is 1.17 bits per heavy atom. The van der Waals surface area contributed by atoms with Gasteiger partial charge in [0.15, 0.2) is 5.82 Å². The van der Waals surface area contributed by atoms with Crippen molar-refractivity contribution in [3.05, 3.63) is 60.0 Å². The van der Waals surface area contributed by atoms with Gasteiger partial charge in [0, 0.05) is 11.8 Å². The molecule has 0 aromatic carbocycles. The van der Waals surface area contributed by atoms with Crippen LogP contribution < -0.4 is 0 Å². The summed E-state index contributed by atoms with van der Waals surface area (Å²) in [7, 11) is 0. The van der Waals surface area contributed by atoms with Crippen LogP contribution in [0.15, 0.2) is 48.4 Å². The van der Waals surface area contributed by atoms with Gasteiger partial charge in [0.2, 0.25) is 0 Å². The van der Waals surface area contributed by atoms with Crippen LogP contribution in [0.5, 0.6) is 0 Å². The normalized spacial score (nSPS) is 20.4. The Hall–Kier alpha value is -3.42. The van der Waals surface area contributed by atoms with E-state index in [-0.39, 0.29) is 23.0 Å². The summed E-state index contributed by atoms with van der Waals surface area (Å²) < 4.78 is 80.4. The standard InChI is InChI=1S/C19H13F6N5/c1-11-14(6-13(18(20,21)22)7-15(11)19(23,24)25)17-28-10-30(29-17)9-12(8-26)16-4-2-3-5-27-16/h2-7,9-11,15H,1H3/b12-9-. The van der Waals surface area contributed by atoms with Gasteiger partial charge in [-0.05, 0) is 24.1 Å². The average Bonchev–Trinajstić information content (AvgIpc) is 3.13. The first-order valence-electron chi connectivity index (χ1n) is 8.53. The molecule has 0 saturated heterocycles. The highest BCUT2D eigenvalue weighted by molar-refractivity contribution is 5.83. The molecule has 0 bridgehead atoms. The zero-order chi connectivity index (χ0) is 22.1. The fourth-order valence-corrected chi connectivity index (χ4v) is 2.98. The van der Waals surface area contributed by atoms with Crippen LogP contribution in [0, 0.1) is 23.2 Å². The van der Waals surface area contributed by atoms with Gasteiger partial charge in [0.05, 0.1) is 29.0 Å². The number of pyridine rings is 1. The molecular formula is C19H13F6N5. The molecule has 2 atom stereocenters. The Labute approximate surface area is 166 Å². The number of aromatic nitrogens is 4. The molecule has 1 aliphatic carbocycles. The van der Waals surface area contributed by atoms with Gasteiger partial charge in [-0.15, -0.1) is 5.10 Å². The van der Waals surface area contributed by atoms with Gasteiger partial charge in [-0.3, -0.25) is 4.98 Å². The molecule has 2 aromatic rings. The zero-order valence-corrected chi connectivity index (χ0v) is 15.3. The van der Waals surface area contributed by atoms with E-state index in [0.717, 1.165) is 11.0 Å². The molecule has 2 unspecified atom stereocenters. The van der Waals surface area contributed by atoms with Crippen LogP contribution in [-0.4, -0.2) is 32.1 Å². The first kappa shape index (κ1) is 21.3. The molecule has 0 radical (unpaired) electrons. The van der Waals surface area contributed by atoms with Crippen molar-refractivity contribution in [1.29, 1.82) is 5.26 Å². The van der Waals surface area contributed by atoms with Gasteiger partial charge in [-0.2, -0.15) is 31.6 Å². The van der Waals surface area contributed by atoms with Gasteiger partial charge in [0.1, 0.15) is 12.4 Å². The Balaban J connectivity index is 2.01. The van der Waals surface area contributed by atoms with Crippen LogP contribution >= 0.6 is 0 Å². The second kappa shape index (κ2) is 7.78. The third-order valence-corrected chi connectivity index (χ3v) is 4.49. The van der Waals surface area contributed by atoms with E-state index in [2.05, 4.69) is 15.1 Å². The average molecular weight is 425 g/mol. The minimum Gasteiger partial charge on any atom is -0.255 e. The van der Waals surface area contributed by atoms with Crippen molar-refractivity contribution >= 4 is 17.3 Å². The number of nitrogens with zero attached hydrogens (tertiary/aromatic N) is 5. The van der Waals surface area contributed by atoms with Gasteiger partial charge in [-0.1, -0.05) is 19.1 Å². The molecule has 156 valence electrons. The number of halogens is 6. The second-order valence-corrected chi connectivity index (χ2v) is 6.49. The molecule has 2 aromatic heterocycles. The maximum Gasteiger partial charge on any atom is 0.416 e. The zero-order valence-electron chi connectivity index (χ0n) is 15.3. The summed E-state index contributed by atoms with van der Waals surface area (Å²) in [5, 5.41) is 13.2. The lowest BCUT2D eigenvalue weighted by molar-refractivity contribution is -0.169. The van der Waals surface area contributed by atoms with Crippen LogP contribution in [0.1, 0.15) is 18.4 Å². The molecule has 1 aliphatic rings. The summed E-state index contributed by atoms with van der Waals surface area (Å²) >= 11 is 0. The lowest BCUT2D eigenvalue weighted by Crippen LogP contribution is -2.32. The van der Waals surface area contributed by atoms with Crippen molar-refractivity contribution in [2.24, 2.45) is 11.8 Å². The van der Waals surface area contributed by atoms with Crippen LogP contribution in [0.2, 0.25) is 0 Å². The number of alkyl halides is 6. The smallest absolute Gasteiger partial charge is 0.255 e. The summed E-state index contributed by atoms with van der Waals surface area (Å²) in [6, 6.07) is 6.76. The van der Waals surface area contributed by atoms with Crippen molar-refractivity contribution in [3.63, 3.8) is 0 Å². The Morgan fingerprint density at radius 3 is 2.47 bits per heavy atom. The van der Waals surface area contributed by atoms with E-state index in [9.17, 15) is 31.6 Å². The summed E-state index contributed by atoms with van der Waals surface area (Å²) in [6.07, 6.45) is -5.23. The van der Waals surface area contributed by atoms with Crippen LogP contribution in [0.25, 0.3) is 17.3 Å². The van der Waals surface area contributed by atoms with E-state index in [1.165, 1.54) is 19.3 Å². The lowest BCUT2D eigenvalue weighted by atomic mass is 9.80. The summed E-state index contributed by atoms with van der Waals surface area (Å²) in [4.78, 5) is 7.86. The predicted octanol–water partition coefficient (Wildman–Crippen LogP) is 4.90. The molecule has 0 fully saturated rings. The molecule has 3 rings (SSSR count). The summed E-state index contributed by atoms with van der Waals surface area (Å²) in [5.74, 6) is -3.96. The fourth-order valence-electron chi connectivity index (χ4n) is 2.98. The Kier molecular flexibility index (Phi) is 5.52. The maximum absolute atomic E-state index is 13.3. The Bertz CT molecular complexity index is 1050. The van der Waals surface area contributed by atoms with Crippen LogP contribution in [0.4, 0.5) is 26.3 Å². The molecule has 2 heterocycles. The van der Waals surface area contributed by atoms with E-state index >= 15 is 0 Å². The molecule has 0 spiro atoms. The minimum absolute atomic E-state index is 0.0850. The number of rotatable bonds is 3. The van der Waals surface area contributed by atoms with Gasteiger partial charge >= 0.3 is 12.4 Å². The maximum atomic E-state index is 13.3. The third-order valence-electron chi connectivity index (χ3n) is 4.49. The number of allylic oxidation sites excluding steroid dienone is 5. The highest BCUT2D eigenvalue weighted by atomic mass is 19.4. The van der Waals surface area contributed by atoms with Crippen LogP contribution in [0.3, 0.4) is 0 Å². The van der Waals surface area contributed by atoms with Gasteiger partial charge in [-0.25, -0.2) is 9.67 Å². The van der Waals surface area contributed by atoms with Crippen molar-refractivity contribution in [1.82, 2.24) is 19.7 Å². The Morgan fingerprint density at radius 2 is 1.90 bits per heavy atom. The molecule has 5 nitrogen and oxygen atoms in total. The predicted molar refractivity (Wildman–Crippen MR) is 94.9 cm³/mol. The highest BCUT2D eigenvalue weighted by Gasteiger charge is 2.48. The summed E-state index contributed by atoms with van der Waals surface area (Å²) in [5.41, 5.74) is -1.30. The van der Waals surface area contributed by atoms with E-state index in [0.29, 0.717) is 11.8 Å². The monoisotopic (exact) mass is 425 g/mol. The second-order valence-electron chi connectivity index (χ2n) is 6.49. The van der Waals surface area contributed by atoms with E-state index < -0.39 is 29.8 Å². The van der Waals surface area contributed by atoms with E-state index in [1.54, 1.807) is 18.2 Å². The number of nitriles is 1. The SMILES string of the molecule is CC1C(c2ncn(/C=C(/C#N)c3ccccn3)n2)=CC(C(F)(F)F)=CC1C(F)(F)F. The molecule has 0 N–H and O–H groups in total. The highest BCUT2D eigenvalue weighted by Crippen LogP contribution is 2.45. The minimum atomic E-state index is -4.95. The van der Waals surface area contributed by atoms with Crippen molar-refractivity contribution in [3.8, 4) is 6.07 Å². The topological polar surface area (TPSA) is 67.4 Å². The first-order chi connectivity index (χ1) is 14.0. The van der Waals surface area contributed by atoms with Crippen molar-refractivity contribution in [2.45, 2.75) is 19.3 Å². The van der Waals surface area contributed by atoms with E-state index in [1.807, 2.05) is 6.07 Å².